The van der Waals surface area contributed by atoms with Gasteiger partial charge in [0.25, 0.3) is 5.91 Å². The number of hydrogen-bond acceptors (Lipinski definition) is 2. The number of carbonyl (C=O) groups excluding carboxylic acids is 1. The van der Waals surface area contributed by atoms with Gasteiger partial charge in [-0.3, -0.25) is 4.79 Å². The monoisotopic (exact) mass is 250 g/mol. The Hall–Kier alpha value is -2.60. The predicted octanol–water partition coefficient (Wildman–Crippen LogP) is 3.40. The minimum Gasteiger partial charge on any atom is -0.322 e. The second-order valence-electron chi connectivity index (χ2n) is 4.18. The second kappa shape index (κ2) is 6.36. The molecule has 2 aromatic carbocycles. The number of benzene rings is 2. The van der Waals surface area contributed by atoms with Crippen LogP contribution in [0.2, 0.25) is 0 Å². The molecular weight excluding hydrogens is 236 g/mol. The average molecular weight is 250 g/mol. The minimum atomic E-state index is -0.127. The summed E-state index contributed by atoms with van der Waals surface area (Å²) in [7, 11) is 0. The largest absolute Gasteiger partial charge is 0.322 e. The summed E-state index contributed by atoms with van der Waals surface area (Å²) in [6.45, 7) is 0. The van der Waals surface area contributed by atoms with Gasteiger partial charge in [0, 0.05) is 17.7 Å². The van der Waals surface area contributed by atoms with Crippen molar-refractivity contribution in [1.29, 1.82) is 5.26 Å². The van der Waals surface area contributed by atoms with Crippen molar-refractivity contribution in [3.8, 4) is 6.07 Å². The molecule has 2 rings (SSSR count). The van der Waals surface area contributed by atoms with Gasteiger partial charge in [-0.1, -0.05) is 30.3 Å². The molecule has 0 unspecified atom stereocenters. The molecule has 0 atom stereocenters. The zero-order valence-corrected chi connectivity index (χ0v) is 10.5. The van der Waals surface area contributed by atoms with Crippen molar-refractivity contribution in [3.63, 3.8) is 0 Å². The lowest BCUT2D eigenvalue weighted by Gasteiger charge is -2.05. The zero-order chi connectivity index (χ0) is 13.5. The number of hydrogen-bond donors (Lipinski definition) is 1. The van der Waals surface area contributed by atoms with Crippen LogP contribution < -0.4 is 5.32 Å². The Morgan fingerprint density at radius 2 is 1.74 bits per heavy atom. The van der Waals surface area contributed by atoms with Crippen molar-refractivity contribution >= 4 is 11.6 Å². The summed E-state index contributed by atoms with van der Waals surface area (Å²) in [6.07, 6.45) is 1.21. The predicted molar refractivity (Wildman–Crippen MR) is 74.8 cm³/mol. The number of aryl methyl sites for hydroxylation is 1. The van der Waals surface area contributed by atoms with Crippen molar-refractivity contribution in [1.82, 2.24) is 0 Å². The van der Waals surface area contributed by atoms with Crippen LogP contribution in [0.3, 0.4) is 0 Å². The van der Waals surface area contributed by atoms with Gasteiger partial charge in [-0.15, -0.1) is 0 Å². The first-order valence-electron chi connectivity index (χ1n) is 6.12. The van der Waals surface area contributed by atoms with E-state index in [4.69, 9.17) is 5.26 Å². The first-order chi connectivity index (χ1) is 9.29. The molecule has 0 radical (unpaired) electrons. The Morgan fingerprint density at radius 3 is 2.37 bits per heavy atom. The van der Waals surface area contributed by atoms with E-state index in [0.717, 1.165) is 17.7 Å². The number of para-hydroxylation sites is 1. The van der Waals surface area contributed by atoms with E-state index in [0.29, 0.717) is 12.0 Å². The third kappa shape index (κ3) is 3.68. The molecule has 1 amide bonds. The molecule has 0 aromatic heterocycles. The summed E-state index contributed by atoms with van der Waals surface area (Å²) in [6, 6.07) is 18.8. The maximum Gasteiger partial charge on any atom is 0.255 e. The van der Waals surface area contributed by atoms with Crippen LogP contribution in [0.4, 0.5) is 5.69 Å². The molecule has 1 N–H and O–H groups in total. The molecule has 94 valence electrons. The van der Waals surface area contributed by atoms with E-state index in [9.17, 15) is 4.79 Å². The molecular formula is C16H14N2O. The fraction of sp³-hybridized carbons (Fsp3) is 0.125. The van der Waals surface area contributed by atoms with Crippen LogP contribution in [0.15, 0.2) is 54.6 Å². The Kier molecular flexibility index (Phi) is 4.30. The van der Waals surface area contributed by atoms with E-state index in [-0.39, 0.29) is 5.91 Å². The quantitative estimate of drug-likeness (QED) is 0.904. The summed E-state index contributed by atoms with van der Waals surface area (Å²) in [4.78, 5) is 12.0. The smallest absolute Gasteiger partial charge is 0.255 e. The number of nitrogens with one attached hydrogen (secondary N) is 1. The zero-order valence-electron chi connectivity index (χ0n) is 10.5. The number of anilines is 1. The van der Waals surface area contributed by atoms with Crippen LogP contribution in [0.5, 0.6) is 0 Å². The van der Waals surface area contributed by atoms with Crippen molar-refractivity contribution in [2.24, 2.45) is 0 Å². The van der Waals surface area contributed by atoms with Gasteiger partial charge in [-0.2, -0.15) is 5.26 Å². The van der Waals surface area contributed by atoms with E-state index in [1.165, 1.54) is 0 Å². The average Bonchev–Trinajstić information content (AvgIpc) is 2.46. The Morgan fingerprint density at radius 1 is 1.05 bits per heavy atom. The van der Waals surface area contributed by atoms with Gasteiger partial charge in [0.05, 0.1) is 6.07 Å². The van der Waals surface area contributed by atoms with E-state index >= 15 is 0 Å². The molecule has 0 fully saturated rings. The molecule has 0 saturated heterocycles. The molecule has 0 spiro atoms. The third-order valence-corrected chi connectivity index (χ3v) is 2.77. The van der Waals surface area contributed by atoms with Gasteiger partial charge in [0.15, 0.2) is 0 Å². The number of nitrogens with zero attached hydrogens (tertiary/aromatic N) is 1. The summed E-state index contributed by atoms with van der Waals surface area (Å²) >= 11 is 0. The van der Waals surface area contributed by atoms with Crippen LogP contribution in [-0.2, 0) is 6.42 Å². The van der Waals surface area contributed by atoms with Crippen molar-refractivity contribution < 1.29 is 4.79 Å². The SMILES string of the molecule is N#CCCc1ccc(C(=O)Nc2ccccc2)cc1. The molecule has 2 aromatic rings. The summed E-state index contributed by atoms with van der Waals surface area (Å²) in [5.74, 6) is -0.127. The van der Waals surface area contributed by atoms with Crippen LogP contribution in [-0.4, -0.2) is 5.91 Å². The van der Waals surface area contributed by atoms with Gasteiger partial charge >= 0.3 is 0 Å². The van der Waals surface area contributed by atoms with E-state index < -0.39 is 0 Å². The van der Waals surface area contributed by atoms with Gasteiger partial charge in [-0.25, -0.2) is 0 Å². The lowest BCUT2D eigenvalue weighted by atomic mass is 10.1. The highest BCUT2D eigenvalue weighted by Gasteiger charge is 2.05. The van der Waals surface area contributed by atoms with Gasteiger partial charge in [0.1, 0.15) is 0 Å². The molecule has 0 aliphatic rings. The number of nitriles is 1. The van der Waals surface area contributed by atoms with Gasteiger partial charge in [-0.05, 0) is 36.2 Å². The normalized spacial score (nSPS) is 9.63. The highest BCUT2D eigenvalue weighted by atomic mass is 16.1. The van der Waals surface area contributed by atoms with E-state index in [1.807, 2.05) is 42.5 Å². The van der Waals surface area contributed by atoms with Crippen LogP contribution >= 0.6 is 0 Å². The number of rotatable bonds is 4. The topological polar surface area (TPSA) is 52.9 Å². The maximum absolute atomic E-state index is 12.0. The Balaban J connectivity index is 2.02. The Bertz CT molecular complexity index is 582. The lowest BCUT2D eigenvalue weighted by Crippen LogP contribution is -2.11. The third-order valence-electron chi connectivity index (χ3n) is 2.77. The van der Waals surface area contributed by atoms with Crippen LogP contribution in [0.1, 0.15) is 22.3 Å². The highest BCUT2D eigenvalue weighted by molar-refractivity contribution is 6.04. The van der Waals surface area contributed by atoms with E-state index in [2.05, 4.69) is 11.4 Å². The highest BCUT2D eigenvalue weighted by Crippen LogP contribution is 2.10. The van der Waals surface area contributed by atoms with Crippen molar-refractivity contribution in [2.45, 2.75) is 12.8 Å². The lowest BCUT2D eigenvalue weighted by molar-refractivity contribution is 0.102. The van der Waals surface area contributed by atoms with Crippen LogP contribution in [0.25, 0.3) is 0 Å². The molecule has 0 heterocycles. The summed E-state index contributed by atoms with van der Waals surface area (Å²) in [5, 5.41) is 11.3. The molecule has 0 saturated carbocycles. The van der Waals surface area contributed by atoms with Gasteiger partial charge in [0.2, 0.25) is 0 Å². The van der Waals surface area contributed by atoms with Gasteiger partial charge < -0.3 is 5.32 Å². The molecule has 0 aliphatic heterocycles. The van der Waals surface area contributed by atoms with Crippen molar-refractivity contribution in [3.05, 3.63) is 65.7 Å². The maximum atomic E-state index is 12.0. The summed E-state index contributed by atoms with van der Waals surface area (Å²) < 4.78 is 0. The molecule has 3 heteroatoms. The van der Waals surface area contributed by atoms with Crippen molar-refractivity contribution in [2.75, 3.05) is 5.32 Å². The number of carbonyl (C=O) groups is 1. The molecule has 0 bridgehead atoms. The summed E-state index contributed by atoms with van der Waals surface area (Å²) in [5.41, 5.74) is 2.46. The molecule has 3 nitrogen and oxygen atoms in total. The fourth-order valence-corrected chi connectivity index (χ4v) is 1.75. The Labute approximate surface area is 112 Å². The second-order valence-corrected chi connectivity index (χ2v) is 4.18. The first kappa shape index (κ1) is 12.8. The minimum absolute atomic E-state index is 0.127. The standard InChI is InChI=1S/C16H14N2O/c17-12-4-5-13-8-10-14(11-9-13)16(19)18-15-6-2-1-3-7-15/h1-3,6-11H,4-5H2,(H,18,19). The van der Waals surface area contributed by atoms with Crippen LogP contribution in [0, 0.1) is 11.3 Å². The molecule has 19 heavy (non-hydrogen) atoms. The first-order valence-corrected chi connectivity index (χ1v) is 6.12. The molecule has 0 aliphatic carbocycles. The van der Waals surface area contributed by atoms with E-state index in [1.54, 1.807) is 12.1 Å². The number of amides is 1. The fourth-order valence-electron chi connectivity index (χ4n) is 1.75.